The largest absolute Gasteiger partial charge is 0.480 e. The second-order valence-corrected chi connectivity index (χ2v) is 6.44. The number of hydrogen-bond donors (Lipinski definition) is 2. The molecule has 3 heteroatoms. The van der Waals surface area contributed by atoms with Crippen molar-refractivity contribution in [3.63, 3.8) is 0 Å². The van der Waals surface area contributed by atoms with Crippen LogP contribution in [-0.4, -0.2) is 17.1 Å². The highest BCUT2D eigenvalue weighted by molar-refractivity contribution is 5.73. The molecule has 118 valence electrons. The normalized spacial score (nSPS) is 23.4. The van der Waals surface area contributed by atoms with Gasteiger partial charge in [-0.15, -0.1) is 0 Å². The summed E-state index contributed by atoms with van der Waals surface area (Å²) in [6.07, 6.45) is 17.6. The maximum atomic E-state index is 11.1. The molecule has 0 spiro atoms. The number of rotatable bonds is 2. The van der Waals surface area contributed by atoms with Gasteiger partial charge in [0, 0.05) is 0 Å². The standard InChI is InChI=1S/C17H33NO2/c18-16(17(19)20)15-13-11-9-7-5-3-1-2-4-6-8-10-12-14-15/h15-16H,1-14,18H2,(H,19,20)/t16-/m0/s1. The van der Waals surface area contributed by atoms with Gasteiger partial charge in [0.2, 0.25) is 0 Å². The number of carboxylic acids is 1. The molecule has 0 aromatic heterocycles. The number of aliphatic carboxylic acids is 1. The van der Waals surface area contributed by atoms with Crippen LogP contribution in [-0.2, 0) is 4.79 Å². The van der Waals surface area contributed by atoms with Gasteiger partial charge in [0.1, 0.15) is 6.04 Å². The monoisotopic (exact) mass is 283 g/mol. The Morgan fingerprint density at radius 2 is 1.05 bits per heavy atom. The molecule has 0 heterocycles. The van der Waals surface area contributed by atoms with Crippen LogP contribution in [0, 0.1) is 5.92 Å². The van der Waals surface area contributed by atoms with Gasteiger partial charge in [0.05, 0.1) is 0 Å². The Bertz CT molecular complexity index is 239. The summed E-state index contributed by atoms with van der Waals surface area (Å²) in [4.78, 5) is 11.1. The lowest BCUT2D eigenvalue weighted by Crippen LogP contribution is -2.38. The molecule has 0 saturated heterocycles. The summed E-state index contributed by atoms with van der Waals surface area (Å²) in [7, 11) is 0. The molecule has 1 atom stereocenters. The Hall–Kier alpha value is -0.570. The highest BCUT2D eigenvalue weighted by Crippen LogP contribution is 2.22. The molecule has 0 radical (unpaired) electrons. The third-order valence-corrected chi connectivity index (χ3v) is 4.69. The van der Waals surface area contributed by atoms with Gasteiger partial charge < -0.3 is 10.8 Å². The molecule has 3 nitrogen and oxygen atoms in total. The Kier molecular flexibility index (Phi) is 9.73. The van der Waals surface area contributed by atoms with E-state index in [4.69, 9.17) is 10.8 Å². The summed E-state index contributed by atoms with van der Waals surface area (Å²) < 4.78 is 0. The maximum Gasteiger partial charge on any atom is 0.320 e. The summed E-state index contributed by atoms with van der Waals surface area (Å²) in [5.74, 6) is -0.648. The van der Waals surface area contributed by atoms with E-state index in [1.165, 1.54) is 64.2 Å². The Labute approximate surface area is 124 Å². The van der Waals surface area contributed by atoms with Crippen LogP contribution < -0.4 is 5.73 Å². The molecule has 0 unspecified atom stereocenters. The first kappa shape index (κ1) is 17.5. The van der Waals surface area contributed by atoms with E-state index in [9.17, 15) is 4.79 Å². The summed E-state index contributed by atoms with van der Waals surface area (Å²) in [6.45, 7) is 0. The molecule has 3 N–H and O–H groups in total. The van der Waals surface area contributed by atoms with Crippen LogP contribution in [0.4, 0.5) is 0 Å². The highest BCUT2D eigenvalue weighted by Gasteiger charge is 2.23. The average Bonchev–Trinajstić information content (AvgIpc) is 2.44. The molecule has 0 bridgehead atoms. The SMILES string of the molecule is N[C@H](C(=O)O)C1CCCCCCCCCCCCCC1. The molecule has 0 aromatic rings. The molecular formula is C17H33NO2. The van der Waals surface area contributed by atoms with E-state index in [-0.39, 0.29) is 5.92 Å². The van der Waals surface area contributed by atoms with Crippen LogP contribution in [0.2, 0.25) is 0 Å². The zero-order valence-electron chi connectivity index (χ0n) is 13.0. The second kappa shape index (κ2) is 11.1. The lowest BCUT2D eigenvalue weighted by molar-refractivity contribution is -0.140. The van der Waals surface area contributed by atoms with Gasteiger partial charge in [-0.05, 0) is 18.8 Å². The molecule has 1 fully saturated rings. The Morgan fingerprint density at radius 1 is 0.750 bits per heavy atom. The average molecular weight is 283 g/mol. The Balaban J connectivity index is 2.37. The number of hydrogen-bond acceptors (Lipinski definition) is 2. The van der Waals surface area contributed by atoms with Crippen molar-refractivity contribution in [2.45, 2.75) is 95.9 Å². The van der Waals surface area contributed by atoms with E-state index in [2.05, 4.69) is 0 Å². The first-order valence-corrected chi connectivity index (χ1v) is 8.70. The highest BCUT2D eigenvalue weighted by atomic mass is 16.4. The summed E-state index contributed by atoms with van der Waals surface area (Å²) in [5, 5.41) is 9.12. The van der Waals surface area contributed by atoms with E-state index >= 15 is 0 Å². The van der Waals surface area contributed by atoms with E-state index < -0.39 is 12.0 Å². The molecule has 1 rings (SSSR count). The molecular weight excluding hydrogens is 250 g/mol. The summed E-state index contributed by atoms with van der Waals surface area (Å²) in [5.41, 5.74) is 5.85. The fourth-order valence-electron chi connectivity index (χ4n) is 3.29. The molecule has 0 amide bonds. The van der Waals surface area contributed by atoms with Gasteiger partial charge in [0.15, 0.2) is 0 Å². The van der Waals surface area contributed by atoms with Crippen LogP contribution in [0.1, 0.15) is 89.9 Å². The number of carbonyl (C=O) groups is 1. The fourth-order valence-corrected chi connectivity index (χ4v) is 3.29. The molecule has 20 heavy (non-hydrogen) atoms. The smallest absolute Gasteiger partial charge is 0.320 e. The van der Waals surface area contributed by atoms with E-state index in [0.717, 1.165) is 25.7 Å². The van der Waals surface area contributed by atoms with E-state index in [0.29, 0.717) is 0 Å². The van der Waals surface area contributed by atoms with Gasteiger partial charge in [-0.1, -0.05) is 77.0 Å². The van der Waals surface area contributed by atoms with Crippen molar-refractivity contribution in [2.24, 2.45) is 11.7 Å². The van der Waals surface area contributed by atoms with Gasteiger partial charge in [-0.3, -0.25) is 4.79 Å². The van der Waals surface area contributed by atoms with Crippen LogP contribution in [0.3, 0.4) is 0 Å². The van der Waals surface area contributed by atoms with Crippen LogP contribution in [0.15, 0.2) is 0 Å². The minimum Gasteiger partial charge on any atom is -0.480 e. The van der Waals surface area contributed by atoms with Crippen LogP contribution in [0.5, 0.6) is 0 Å². The van der Waals surface area contributed by atoms with Crippen molar-refractivity contribution in [3.05, 3.63) is 0 Å². The van der Waals surface area contributed by atoms with E-state index in [1.807, 2.05) is 0 Å². The van der Waals surface area contributed by atoms with Crippen molar-refractivity contribution in [2.75, 3.05) is 0 Å². The Morgan fingerprint density at radius 3 is 1.35 bits per heavy atom. The van der Waals surface area contributed by atoms with Gasteiger partial charge in [-0.25, -0.2) is 0 Å². The van der Waals surface area contributed by atoms with Gasteiger partial charge in [-0.2, -0.15) is 0 Å². The molecule has 1 aliphatic carbocycles. The van der Waals surface area contributed by atoms with Crippen LogP contribution in [0.25, 0.3) is 0 Å². The van der Waals surface area contributed by atoms with Crippen molar-refractivity contribution in [1.29, 1.82) is 0 Å². The van der Waals surface area contributed by atoms with Crippen molar-refractivity contribution in [1.82, 2.24) is 0 Å². The predicted molar refractivity (Wildman–Crippen MR) is 83.7 cm³/mol. The molecule has 0 aromatic carbocycles. The minimum absolute atomic E-state index is 0.178. The number of carboxylic acid groups (broad SMARTS) is 1. The third kappa shape index (κ3) is 7.88. The predicted octanol–water partition coefficient (Wildman–Crippen LogP) is 4.49. The summed E-state index contributed by atoms with van der Waals surface area (Å²) in [6, 6.07) is -0.661. The molecule has 1 aliphatic rings. The zero-order valence-corrected chi connectivity index (χ0v) is 13.0. The zero-order chi connectivity index (χ0) is 14.6. The molecule has 0 aliphatic heterocycles. The van der Waals surface area contributed by atoms with Crippen molar-refractivity contribution < 1.29 is 9.90 Å². The van der Waals surface area contributed by atoms with Gasteiger partial charge in [0.25, 0.3) is 0 Å². The maximum absolute atomic E-state index is 11.1. The second-order valence-electron chi connectivity index (χ2n) is 6.44. The third-order valence-electron chi connectivity index (χ3n) is 4.69. The fraction of sp³-hybridized carbons (Fsp3) is 0.941. The first-order chi connectivity index (χ1) is 9.72. The quantitative estimate of drug-likeness (QED) is 0.785. The van der Waals surface area contributed by atoms with E-state index in [1.54, 1.807) is 0 Å². The van der Waals surface area contributed by atoms with Gasteiger partial charge >= 0.3 is 5.97 Å². The molecule has 1 saturated carbocycles. The van der Waals surface area contributed by atoms with Crippen LogP contribution >= 0.6 is 0 Å². The topological polar surface area (TPSA) is 63.3 Å². The van der Waals surface area contributed by atoms with Crippen molar-refractivity contribution >= 4 is 5.97 Å². The lowest BCUT2D eigenvalue weighted by atomic mass is 9.88. The number of nitrogens with two attached hydrogens (primary N) is 1. The lowest BCUT2D eigenvalue weighted by Gasteiger charge is -2.20. The first-order valence-electron chi connectivity index (χ1n) is 8.70. The minimum atomic E-state index is -0.826. The van der Waals surface area contributed by atoms with Crippen molar-refractivity contribution in [3.8, 4) is 0 Å². The summed E-state index contributed by atoms with van der Waals surface area (Å²) >= 11 is 0.